The van der Waals surface area contributed by atoms with Gasteiger partial charge in [0, 0.05) is 57.3 Å². The van der Waals surface area contributed by atoms with Gasteiger partial charge in [-0.05, 0) is 37.8 Å². The van der Waals surface area contributed by atoms with Crippen LogP contribution in [0.25, 0.3) is 5.70 Å². The van der Waals surface area contributed by atoms with Gasteiger partial charge in [0.25, 0.3) is 0 Å². The molecule has 1 saturated carbocycles. The molecule has 7 nitrogen and oxygen atoms in total. The number of ether oxygens (including phenoxy) is 1. The highest BCUT2D eigenvalue weighted by atomic mass is 16.5. The number of hydrogen-bond acceptors (Lipinski definition) is 7. The SMILES string of the molecule is CN/C=C(\N=N)c1cc(C)cnc1N1CCC(NC2CCCCC2)C(OC)C1. The maximum Gasteiger partial charge on any atom is 0.138 e. The molecule has 2 fully saturated rings. The van der Waals surface area contributed by atoms with Crippen LogP contribution in [0.4, 0.5) is 5.82 Å². The first-order chi connectivity index (χ1) is 13.7. The second-order valence-corrected chi connectivity index (χ2v) is 7.93. The third kappa shape index (κ3) is 4.89. The molecule has 0 radical (unpaired) electrons. The third-order valence-corrected chi connectivity index (χ3v) is 5.90. The van der Waals surface area contributed by atoms with E-state index in [0.717, 1.165) is 36.5 Å². The van der Waals surface area contributed by atoms with E-state index in [1.54, 1.807) is 13.3 Å². The Morgan fingerprint density at radius 3 is 2.79 bits per heavy atom. The molecule has 2 unspecified atom stereocenters. The topological polar surface area (TPSA) is 85.6 Å². The smallest absolute Gasteiger partial charge is 0.138 e. The maximum atomic E-state index is 7.57. The summed E-state index contributed by atoms with van der Waals surface area (Å²) in [7, 11) is 3.62. The summed E-state index contributed by atoms with van der Waals surface area (Å²) >= 11 is 0. The van der Waals surface area contributed by atoms with Crippen LogP contribution < -0.4 is 15.5 Å². The molecule has 2 atom stereocenters. The van der Waals surface area contributed by atoms with Crippen molar-refractivity contribution in [3.05, 3.63) is 29.6 Å². The monoisotopic (exact) mass is 386 g/mol. The Morgan fingerprint density at radius 2 is 2.11 bits per heavy atom. The molecule has 154 valence electrons. The first-order valence-electron chi connectivity index (χ1n) is 10.4. The molecule has 3 N–H and O–H groups in total. The first-order valence-corrected chi connectivity index (χ1v) is 10.4. The van der Waals surface area contributed by atoms with Gasteiger partial charge < -0.3 is 20.3 Å². The Hall–Kier alpha value is -1.99. The summed E-state index contributed by atoms with van der Waals surface area (Å²) in [5.41, 5.74) is 10.1. The van der Waals surface area contributed by atoms with E-state index in [9.17, 15) is 0 Å². The fraction of sp³-hybridized carbons (Fsp3) is 0.667. The van der Waals surface area contributed by atoms with Gasteiger partial charge >= 0.3 is 0 Å². The van der Waals surface area contributed by atoms with Crippen molar-refractivity contribution in [2.24, 2.45) is 5.11 Å². The Kier molecular flexibility index (Phi) is 7.39. The predicted octanol–water partition coefficient (Wildman–Crippen LogP) is 3.45. The quantitative estimate of drug-likeness (QED) is 0.625. The van der Waals surface area contributed by atoms with Crippen LogP contribution in [0.2, 0.25) is 0 Å². The average molecular weight is 387 g/mol. The normalized spacial score (nSPS) is 24.2. The van der Waals surface area contributed by atoms with Gasteiger partial charge in [0.05, 0.1) is 6.10 Å². The molecule has 1 saturated heterocycles. The zero-order valence-electron chi connectivity index (χ0n) is 17.4. The van der Waals surface area contributed by atoms with Gasteiger partial charge in [-0.15, -0.1) is 0 Å². The summed E-state index contributed by atoms with van der Waals surface area (Å²) in [6.45, 7) is 3.71. The minimum atomic E-state index is 0.122. The number of nitrogens with one attached hydrogen (secondary N) is 3. The second kappa shape index (κ2) is 9.98. The molecule has 1 aromatic rings. The number of nitrogens with zero attached hydrogens (tertiary/aromatic N) is 3. The number of anilines is 1. The minimum absolute atomic E-state index is 0.122. The number of aryl methyl sites for hydroxylation is 1. The van der Waals surface area contributed by atoms with Gasteiger partial charge in [-0.2, -0.15) is 5.11 Å². The van der Waals surface area contributed by atoms with Crippen LogP contribution in [0.15, 0.2) is 23.6 Å². The highest BCUT2D eigenvalue weighted by Crippen LogP contribution is 2.30. The van der Waals surface area contributed by atoms with Crippen LogP contribution in [0.3, 0.4) is 0 Å². The third-order valence-electron chi connectivity index (χ3n) is 5.90. The lowest BCUT2D eigenvalue weighted by atomic mass is 9.92. The molecule has 0 bridgehead atoms. The van der Waals surface area contributed by atoms with Crippen molar-refractivity contribution in [1.29, 1.82) is 5.53 Å². The highest BCUT2D eigenvalue weighted by Gasteiger charge is 2.32. The molecule has 0 amide bonds. The van der Waals surface area contributed by atoms with Crippen LogP contribution in [0.1, 0.15) is 49.7 Å². The summed E-state index contributed by atoms with van der Waals surface area (Å²) in [6, 6.07) is 3.06. The van der Waals surface area contributed by atoms with E-state index < -0.39 is 0 Å². The number of rotatable bonds is 7. The second-order valence-electron chi connectivity index (χ2n) is 7.93. The van der Waals surface area contributed by atoms with Gasteiger partial charge in [0.15, 0.2) is 0 Å². The number of aromatic nitrogens is 1. The molecule has 1 aromatic heterocycles. The fourth-order valence-corrected chi connectivity index (χ4v) is 4.42. The van der Waals surface area contributed by atoms with E-state index in [-0.39, 0.29) is 6.10 Å². The largest absolute Gasteiger partial charge is 0.392 e. The van der Waals surface area contributed by atoms with Crippen molar-refractivity contribution in [3.63, 3.8) is 0 Å². The van der Waals surface area contributed by atoms with Crippen molar-refractivity contribution in [1.82, 2.24) is 15.6 Å². The van der Waals surface area contributed by atoms with Crippen LogP contribution in [0.5, 0.6) is 0 Å². The molecular weight excluding hydrogens is 352 g/mol. The Labute approximate surface area is 168 Å². The van der Waals surface area contributed by atoms with E-state index in [1.165, 1.54) is 32.1 Å². The van der Waals surface area contributed by atoms with Gasteiger partial charge in [0.2, 0.25) is 0 Å². The molecule has 1 aliphatic carbocycles. The van der Waals surface area contributed by atoms with E-state index >= 15 is 0 Å². The lowest BCUT2D eigenvalue weighted by molar-refractivity contribution is 0.0533. The number of pyridine rings is 1. The van der Waals surface area contributed by atoms with Gasteiger partial charge in [-0.3, -0.25) is 0 Å². The van der Waals surface area contributed by atoms with Gasteiger partial charge in [-0.1, -0.05) is 19.3 Å². The number of piperidine rings is 1. The molecule has 0 aromatic carbocycles. The summed E-state index contributed by atoms with van der Waals surface area (Å²) in [6.07, 6.45) is 11.4. The van der Waals surface area contributed by atoms with E-state index in [0.29, 0.717) is 17.8 Å². The predicted molar refractivity (Wildman–Crippen MR) is 113 cm³/mol. The van der Waals surface area contributed by atoms with Gasteiger partial charge in [-0.25, -0.2) is 10.5 Å². The van der Waals surface area contributed by atoms with Crippen molar-refractivity contribution in [2.75, 3.05) is 32.1 Å². The van der Waals surface area contributed by atoms with Crippen LogP contribution in [0, 0.1) is 12.5 Å². The molecule has 7 heteroatoms. The maximum absolute atomic E-state index is 7.57. The number of hydrogen-bond donors (Lipinski definition) is 3. The van der Waals surface area contributed by atoms with E-state index in [2.05, 4.69) is 26.7 Å². The number of methoxy groups -OCH3 is 1. The molecule has 2 heterocycles. The summed E-state index contributed by atoms with van der Waals surface area (Å²) < 4.78 is 5.88. The first kappa shape index (κ1) is 20.7. The molecule has 0 spiro atoms. The lowest BCUT2D eigenvalue weighted by Crippen LogP contribution is -2.56. The Bertz CT molecular complexity index is 685. The summed E-state index contributed by atoms with van der Waals surface area (Å²) in [5, 5.41) is 10.6. The van der Waals surface area contributed by atoms with E-state index in [1.807, 2.05) is 20.2 Å². The van der Waals surface area contributed by atoms with Crippen molar-refractivity contribution in [3.8, 4) is 0 Å². The van der Waals surface area contributed by atoms with Crippen molar-refractivity contribution >= 4 is 11.5 Å². The van der Waals surface area contributed by atoms with Crippen LogP contribution >= 0.6 is 0 Å². The molecule has 2 aliphatic rings. The molecule has 3 rings (SSSR count). The van der Waals surface area contributed by atoms with Crippen molar-refractivity contribution in [2.45, 2.75) is 63.6 Å². The fourth-order valence-electron chi connectivity index (χ4n) is 4.42. The highest BCUT2D eigenvalue weighted by molar-refractivity contribution is 5.74. The zero-order chi connectivity index (χ0) is 19.9. The van der Waals surface area contributed by atoms with Crippen LogP contribution in [-0.2, 0) is 4.74 Å². The standard InChI is InChI=1S/C21H34N6O/c1-15-11-17(19(26-22)13-23-2)21(24-12-15)27-10-9-18(20(14-27)28-3)25-16-7-5-4-6-8-16/h11-13,16,18,20,22-23,25H,4-10,14H2,1-3H3/b19-13-,26-22?. The summed E-state index contributed by atoms with van der Waals surface area (Å²) in [5.74, 6) is 0.876. The van der Waals surface area contributed by atoms with Crippen molar-refractivity contribution < 1.29 is 4.74 Å². The molecule has 1 aliphatic heterocycles. The average Bonchev–Trinajstić information content (AvgIpc) is 2.73. The lowest BCUT2D eigenvalue weighted by Gasteiger charge is -2.41. The zero-order valence-corrected chi connectivity index (χ0v) is 17.4. The van der Waals surface area contributed by atoms with Gasteiger partial charge in [0.1, 0.15) is 11.5 Å². The van der Waals surface area contributed by atoms with Crippen LogP contribution in [-0.4, -0.2) is 50.4 Å². The Balaban J connectivity index is 1.76. The summed E-state index contributed by atoms with van der Waals surface area (Å²) in [4.78, 5) is 6.97. The van der Waals surface area contributed by atoms with E-state index in [4.69, 9.17) is 15.3 Å². The minimum Gasteiger partial charge on any atom is -0.392 e. The Morgan fingerprint density at radius 1 is 1.32 bits per heavy atom. The molecular formula is C21H34N6O. The molecule has 28 heavy (non-hydrogen) atoms.